The van der Waals surface area contributed by atoms with Crippen LogP contribution in [0.25, 0.3) is 0 Å². The van der Waals surface area contributed by atoms with E-state index in [1.807, 2.05) is 13.8 Å². The van der Waals surface area contributed by atoms with E-state index in [9.17, 15) is 0 Å². The summed E-state index contributed by atoms with van der Waals surface area (Å²) in [7, 11) is 0. The van der Waals surface area contributed by atoms with E-state index in [-0.39, 0.29) is 12.0 Å². The third-order valence-electron chi connectivity index (χ3n) is 2.42. The molecule has 0 aromatic carbocycles. The van der Waals surface area contributed by atoms with Crippen LogP contribution in [0, 0.1) is 0 Å². The molecule has 0 fully saturated rings. The van der Waals surface area contributed by atoms with Crippen LogP contribution >= 0.6 is 0 Å². The molecule has 2 rings (SSSR count). The second-order valence-electron chi connectivity index (χ2n) is 4.08. The molecule has 108 valence electrons. The van der Waals surface area contributed by atoms with Gasteiger partial charge in [0, 0.05) is 6.42 Å². The molecule has 3 N–H and O–H groups in total. The minimum atomic E-state index is 0.107. The second kappa shape index (κ2) is 6.69. The molecule has 0 spiro atoms. The fourth-order valence-electron chi connectivity index (χ4n) is 1.46. The topological polar surface area (TPSA) is 112 Å². The van der Waals surface area contributed by atoms with E-state index in [4.69, 9.17) is 14.9 Å². The summed E-state index contributed by atoms with van der Waals surface area (Å²) in [4.78, 5) is 16.1. The molecule has 20 heavy (non-hydrogen) atoms. The van der Waals surface area contributed by atoms with Gasteiger partial charge in [-0.25, -0.2) is 4.98 Å². The highest BCUT2D eigenvalue weighted by Crippen LogP contribution is 2.11. The van der Waals surface area contributed by atoms with Crippen molar-refractivity contribution in [1.82, 2.24) is 19.9 Å². The summed E-state index contributed by atoms with van der Waals surface area (Å²) in [5, 5.41) is 2.98. The minimum absolute atomic E-state index is 0.107. The third kappa shape index (κ3) is 3.81. The van der Waals surface area contributed by atoms with Gasteiger partial charge in [-0.1, -0.05) is 13.8 Å². The number of hydrogen-bond donors (Lipinski definition) is 2. The number of anilines is 2. The van der Waals surface area contributed by atoms with Crippen LogP contribution in [0.3, 0.4) is 0 Å². The number of aryl methyl sites for hydroxylation is 1. The number of nitrogens with zero attached hydrogens (tertiary/aromatic N) is 4. The lowest BCUT2D eigenvalue weighted by Gasteiger charge is -2.06. The molecule has 0 saturated carbocycles. The van der Waals surface area contributed by atoms with Gasteiger partial charge in [-0.05, 0) is 6.42 Å². The summed E-state index contributed by atoms with van der Waals surface area (Å²) >= 11 is 0. The summed E-state index contributed by atoms with van der Waals surface area (Å²) in [6.07, 6.45) is 3.37. The molecule has 0 unspecified atom stereocenters. The Hall–Kier alpha value is -2.38. The van der Waals surface area contributed by atoms with E-state index in [1.54, 1.807) is 6.20 Å². The first kappa shape index (κ1) is 14.0. The average Bonchev–Trinajstić information content (AvgIpc) is 2.90. The Bertz CT molecular complexity index is 557. The summed E-state index contributed by atoms with van der Waals surface area (Å²) in [5.74, 6) is 1.84. The maximum absolute atomic E-state index is 5.60. The van der Waals surface area contributed by atoms with Crippen LogP contribution in [0.4, 0.5) is 11.9 Å². The lowest BCUT2D eigenvalue weighted by atomic mass is 10.4. The number of nitrogens with two attached hydrogens (primary N) is 1. The van der Waals surface area contributed by atoms with Crippen molar-refractivity contribution >= 4 is 11.9 Å². The van der Waals surface area contributed by atoms with Crippen LogP contribution in [0.5, 0.6) is 6.01 Å². The fraction of sp³-hybridized carbons (Fsp3) is 0.500. The number of ether oxygens (including phenoxy) is 1. The van der Waals surface area contributed by atoms with Gasteiger partial charge in [0.2, 0.25) is 17.8 Å². The average molecular weight is 278 g/mol. The van der Waals surface area contributed by atoms with Gasteiger partial charge in [0.1, 0.15) is 5.76 Å². The number of nitrogen functional groups attached to an aromatic ring is 1. The van der Waals surface area contributed by atoms with Crippen molar-refractivity contribution in [3.05, 3.63) is 17.8 Å². The summed E-state index contributed by atoms with van der Waals surface area (Å²) in [6, 6.07) is 0.212. The van der Waals surface area contributed by atoms with Crippen molar-refractivity contribution in [2.75, 3.05) is 17.7 Å². The van der Waals surface area contributed by atoms with E-state index in [0.29, 0.717) is 25.0 Å². The number of hydrogen-bond acceptors (Lipinski definition) is 8. The molecule has 8 heteroatoms. The summed E-state index contributed by atoms with van der Waals surface area (Å²) in [5.41, 5.74) is 5.60. The lowest BCUT2D eigenvalue weighted by molar-refractivity contribution is 0.292. The van der Waals surface area contributed by atoms with Crippen molar-refractivity contribution in [2.24, 2.45) is 0 Å². The van der Waals surface area contributed by atoms with E-state index < -0.39 is 0 Å². The van der Waals surface area contributed by atoms with Crippen LogP contribution in [-0.2, 0) is 13.0 Å². The van der Waals surface area contributed by atoms with Crippen LogP contribution < -0.4 is 15.8 Å². The van der Waals surface area contributed by atoms with Gasteiger partial charge in [-0.15, -0.1) is 0 Å². The van der Waals surface area contributed by atoms with Crippen LogP contribution in [0.2, 0.25) is 0 Å². The molecule has 2 aromatic rings. The molecule has 2 heterocycles. The van der Waals surface area contributed by atoms with E-state index in [0.717, 1.165) is 18.6 Å². The maximum Gasteiger partial charge on any atom is 0.323 e. The van der Waals surface area contributed by atoms with Gasteiger partial charge < -0.3 is 20.2 Å². The minimum Gasteiger partial charge on any atom is -0.463 e. The molecule has 0 saturated heterocycles. The Kier molecular flexibility index (Phi) is 4.70. The predicted octanol–water partition coefficient (Wildman–Crippen LogP) is 1.41. The van der Waals surface area contributed by atoms with Crippen molar-refractivity contribution < 1.29 is 9.15 Å². The standard InChI is InChI=1S/C12H18N6O2/c1-3-5-19-12-17-10(13)16-11(18-12)15-7-9-14-6-8(4-2)20-9/h6H,3-5,7H2,1-2H3,(H3,13,15,16,17,18). The molecule has 8 nitrogen and oxygen atoms in total. The zero-order valence-electron chi connectivity index (χ0n) is 11.6. The van der Waals surface area contributed by atoms with Gasteiger partial charge in [-0.3, -0.25) is 0 Å². The molecule has 0 aliphatic rings. The molecule has 0 bridgehead atoms. The van der Waals surface area contributed by atoms with Gasteiger partial charge in [0.25, 0.3) is 0 Å². The van der Waals surface area contributed by atoms with Gasteiger partial charge in [-0.2, -0.15) is 15.0 Å². The molecular formula is C12H18N6O2. The number of rotatable bonds is 7. The van der Waals surface area contributed by atoms with Crippen LogP contribution in [0.15, 0.2) is 10.6 Å². The molecular weight excluding hydrogens is 260 g/mol. The van der Waals surface area contributed by atoms with E-state index in [1.165, 1.54) is 0 Å². The Labute approximate surface area is 116 Å². The Morgan fingerprint density at radius 2 is 2.15 bits per heavy atom. The van der Waals surface area contributed by atoms with Gasteiger partial charge >= 0.3 is 6.01 Å². The Morgan fingerprint density at radius 1 is 1.30 bits per heavy atom. The smallest absolute Gasteiger partial charge is 0.323 e. The maximum atomic E-state index is 5.60. The van der Waals surface area contributed by atoms with Crippen LogP contribution in [0.1, 0.15) is 31.9 Å². The highest BCUT2D eigenvalue weighted by Gasteiger charge is 2.07. The molecule has 2 aromatic heterocycles. The molecule has 0 atom stereocenters. The molecule has 0 radical (unpaired) electrons. The quantitative estimate of drug-likeness (QED) is 0.781. The van der Waals surface area contributed by atoms with Gasteiger partial charge in [0.05, 0.1) is 19.3 Å². The fourth-order valence-corrected chi connectivity index (χ4v) is 1.46. The van der Waals surface area contributed by atoms with Crippen molar-refractivity contribution in [3.8, 4) is 6.01 Å². The highest BCUT2D eigenvalue weighted by molar-refractivity contribution is 5.32. The van der Waals surface area contributed by atoms with Gasteiger partial charge in [0.15, 0.2) is 0 Å². The predicted molar refractivity (Wildman–Crippen MR) is 73.2 cm³/mol. The van der Waals surface area contributed by atoms with Crippen molar-refractivity contribution in [1.29, 1.82) is 0 Å². The zero-order chi connectivity index (χ0) is 14.4. The highest BCUT2D eigenvalue weighted by atomic mass is 16.5. The first-order chi connectivity index (χ1) is 9.71. The number of aromatic nitrogens is 4. The Balaban J connectivity index is 1.99. The molecule has 0 aliphatic heterocycles. The lowest BCUT2D eigenvalue weighted by Crippen LogP contribution is -2.09. The monoisotopic (exact) mass is 278 g/mol. The largest absolute Gasteiger partial charge is 0.463 e. The SMILES string of the molecule is CCCOc1nc(N)nc(NCc2ncc(CC)o2)n1. The van der Waals surface area contributed by atoms with E-state index >= 15 is 0 Å². The molecule has 0 amide bonds. The summed E-state index contributed by atoms with van der Waals surface area (Å²) < 4.78 is 10.8. The first-order valence-corrected chi connectivity index (χ1v) is 6.53. The normalized spacial score (nSPS) is 10.5. The summed E-state index contributed by atoms with van der Waals surface area (Å²) in [6.45, 7) is 4.90. The Morgan fingerprint density at radius 3 is 2.85 bits per heavy atom. The van der Waals surface area contributed by atoms with Crippen molar-refractivity contribution in [2.45, 2.75) is 33.2 Å². The third-order valence-corrected chi connectivity index (χ3v) is 2.42. The van der Waals surface area contributed by atoms with Crippen molar-refractivity contribution in [3.63, 3.8) is 0 Å². The second-order valence-corrected chi connectivity index (χ2v) is 4.08. The van der Waals surface area contributed by atoms with Crippen LogP contribution in [-0.4, -0.2) is 26.5 Å². The number of nitrogens with one attached hydrogen (secondary N) is 1. The first-order valence-electron chi connectivity index (χ1n) is 6.53. The van der Waals surface area contributed by atoms with E-state index in [2.05, 4.69) is 25.3 Å². The zero-order valence-corrected chi connectivity index (χ0v) is 11.6. The number of oxazole rings is 1. The molecule has 0 aliphatic carbocycles.